The van der Waals surface area contributed by atoms with Crippen LogP contribution < -0.4 is 11.1 Å². The molecule has 4 aromatic rings. The van der Waals surface area contributed by atoms with Crippen LogP contribution in [0.15, 0.2) is 60.8 Å². The number of nitrogens with zero attached hydrogens (tertiary/aromatic N) is 6. The van der Waals surface area contributed by atoms with Gasteiger partial charge in [0.25, 0.3) is 17.5 Å². The van der Waals surface area contributed by atoms with Crippen LogP contribution in [0.25, 0.3) is 11.4 Å². The Morgan fingerprint density at radius 3 is 2.50 bits per heavy atom. The molecule has 0 fully saturated rings. The van der Waals surface area contributed by atoms with Crippen molar-refractivity contribution in [3.8, 4) is 11.4 Å². The molecule has 0 spiro atoms. The predicted molar refractivity (Wildman–Crippen MR) is 113 cm³/mol. The van der Waals surface area contributed by atoms with Crippen molar-refractivity contribution in [2.24, 2.45) is 5.73 Å². The van der Waals surface area contributed by atoms with Gasteiger partial charge >= 0.3 is 0 Å². The van der Waals surface area contributed by atoms with E-state index in [9.17, 15) is 19.7 Å². The second-order valence-electron chi connectivity index (χ2n) is 6.72. The fourth-order valence-electron chi connectivity index (χ4n) is 3.01. The van der Waals surface area contributed by atoms with Gasteiger partial charge in [-0.3, -0.25) is 19.7 Å². The second-order valence-corrected chi connectivity index (χ2v) is 6.72. The molecule has 4 rings (SSSR count). The molecule has 0 aliphatic heterocycles. The Balaban J connectivity index is 1.51. The molecule has 32 heavy (non-hydrogen) atoms. The van der Waals surface area contributed by atoms with E-state index in [2.05, 4.69) is 20.7 Å². The van der Waals surface area contributed by atoms with Gasteiger partial charge in [0.2, 0.25) is 0 Å². The van der Waals surface area contributed by atoms with Gasteiger partial charge in [-0.25, -0.2) is 9.36 Å². The second kappa shape index (κ2) is 8.10. The first kappa shape index (κ1) is 20.4. The molecule has 2 amide bonds. The largest absolute Gasteiger partial charge is 0.364 e. The molecule has 2 aromatic carbocycles. The van der Waals surface area contributed by atoms with Gasteiger partial charge in [0.05, 0.1) is 22.0 Å². The summed E-state index contributed by atoms with van der Waals surface area (Å²) in [5.74, 6) is -1.11. The molecule has 3 N–H and O–H groups in total. The monoisotopic (exact) mass is 432 g/mol. The molecule has 2 heterocycles. The molecule has 160 valence electrons. The highest BCUT2D eigenvalue weighted by atomic mass is 16.6. The fraction of sp³-hybridized carbons (Fsp3) is 0.0500. The van der Waals surface area contributed by atoms with Crippen LogP contribution >= 0.6 is 0 Å². The van der Waals surface area contributed by atoms with E-state index >= 15 is 0 Å². The van der Waals surface area contributed by atoms with E-state index in [0.29, 0.717) is 22.8 Å². The van der Waals surface area contributed by atoms with E-state index in [0.717, 1.165) is 0 Å². The van der Waals surface area contributed by atoms with E-state index in [-0.39, 0.29) is 17.1 Å². The van der Waals surface area contributed by atoms with Gasteiger partial charge in [-0.15, -0.1) is 5.10 Å². The van der Waals surface area contributed by atoms with Gasteiger partial charge in [-0.2, -0.15) is 5.10 Å². The van der Waals surface area contributed by atoms with E-state index < -0.39 is 16.7 Å². The molecule has 0 aliphatic carbocycles. The zero-order chi connectivity index (χ0) is 22.8. The minimum absolute atomic E-state index is 0.0822. The summed E-state index contributed by atoms with van der Waals surface area (Å²) in [6.45, 7) is 1.64. The van der Waals surface area contributed by atoms with Crippen LogP contribution in [0.5, 0.6) is 0 Å². The van der Waals surface area contributed by atoms with Crippen LogP contribution in [0.4, 0.5) is 11.4 Å². The van der Waals surface area contributed by atoms with Crippen molar-refractivity contribution >= 4 is 23.2 Å². The lowest BCUT2D eigenvalue weighted by molar-refractivity contribution is -0.384. The number of hydrogen-bond donors (Lipinski definition) is 2. The average molecular weight is 432 g/mol. The number of non-ortho nitro benzene ring substituents is 1. The Morgan fingerprint density at radius 2 is 1.84 bits per heavy atom. The molecule has 0 bridgehead atoms. The van der Waals surface area contributed by atoms with Crippen LogP contribution in [0.2, 0.25) is 0 Å². The highest BCUT2D eigenvalue weighted by Gasteiger charge is 2.19. The number of benzene rings is 2. The Hall–Kier alpha value is -4.87. The summed E-state index contributed by atoms with van der Waals surface area (Å²) in [6.07, 6.45) is 1.60. The van der Waals surface area contributed by atoms with E-state index in [1.807, 2.05) is 0 Å². The summed E-state index contributed by atoms with van der Waals surface area (Å²) in [6, 6.07) is 14.1. The SMILES string of the molecule is Cc1c(C(=O)Nc2ccc(-n3ccc(C(N)=O)n3)cc2)nnn1-c1cccc([N+](=O)[O-])c1. The quantitative estimate of drug-likeness (QED) is 0.347. The maximum absolute atomic E-state index is 12.7. The number of anilines is 1. The number of nitro benzene ring substituents is 1. The lowest BCUT2D eigenvalue weighted by Gasteiger charge is -2.07. The van der Waals surface area contributed by atoms with Crippen LogP contribution in [0.1, 0.15) is 26.7 Å². The van der Waals surface area contributed by atoms with Crippen molar-refractivity contribution in [2.45, 2.75) is 6.92 Å². The van der Waals surface area contributed by atoms with Gasteiger partial charge in [0.1, 0.15) is 5.69 Å². The van der Waals surface area contributed by atoms with Crippen LogP contribution in [-0.2, 0) is 0 Å². The molecule has 2 aromatic heterocycles. The van der Waals surface area contributed by atoms with Crippen molar-refractivity contribution < 1.29 is 14.5 Å². The molecular formula is C20H16N8O4. The minimum atomic E-state index is -0.624. The first-order chi connectivity index (χ1) is 15.3. The smallest absolute Gasteiger partial charge is 0.278 e. The van der Waals surface area contributed by atoms with Crippen molar-refractivity contribution in [3.05, 3.63) is 88.0 Å². The van der Waals surface area contributed by atoms with E-state index in [1.165, 1.54) is 33.6 Å². The summed E-state index contributed by atoms with van der Waals surface area (Å²) < 4.78 is 2.85. The number of carbonyl (C=O) groups excluding carboxylic acids is 2. The highest BCUT2D eigenvalue weighted by Crippen LogP contribution is 2.19. The minimum Gasteiger partial charge on any atom is -0.364 e. The Labute approximate surface area is 180 Å². The Kier molecular flexibility index (Phi) is 5.17. The number of rotatable bonds is 6. The van der Waals surface area contributed by atoms with Crippen molar-refractivity contribution in [1.82, 2.24) is 24.8 Å². The third kappa shape index (κ3) is 3.92. The number of hydrogen-bond acceptors (Lipinski definition) is 7. The van der Waals surface area contributed by atoms with Crippen molar-refractivity contribution in [1.29, 1.82) is 0 Å². The number of amides is 2. The summed E-state index contributed by atoms with van der Waals surface area (Å²) >= 11 is 0. The lowest BCUT2D eigenvalue weighted by atomic mass is 10.2. The summed E-state index contributed by atoms with van der Waals surface area (Å²) in [5.41, 5.74) is 7.36. The molecule has 0 radical (unpaired) electrons. The zero-order valence-corrected chi connectivity index (χ0v) is 16.7. The Morgan fingerprint density at radius 1 is 1.09 bits per heavy atom. The molecule has 12 nitrogen and oxygen atoms in total. The highest BCUT2D eigenvalue weighted by molar-refractivity contribution is 6.03. The first-order valence-electron chi connectivity index (χ1n) is 9.28. The summed E-state index contributed by atoms with van der Waals surface area (Å²) in [4.78, 5) is 34.4. The Bertz CT molecular complexity index is 1340. The summed E-state index contributed by atoms with van der Waals surface area (Å²) in [7, 11) is 0. The number of nitrogens with one attached hydrogen (secondary N) is 1. The van der Waals surface area contributed by atoms with Crippen molar-refractivity contribution in [3.63, 3.8) is 0 Å². The standard InChI is InChI=1S/C20H16N8O4/c1-12-18(23-25-27(12)15-3-2-4-16(11-15)28(31)32)20(30)22-13-5-7-14(8-6-13)26-10-9-17(24-26)19(21)29/h2-11H,1H3,(H2,21,29)(H,22,30). The maximum atomic E-state index is 12.7. The van der Waals surface area contributed by atoms with E-state index in [4.69, 9.17) is 5.73 Å². The number of carbonyl (C=O) groups is 2. The first-order valence-corrected chi connectivity index (χ1v) is 9.28. The lowest BCUT2D eigenvalue weighted by Crippen LogP contribution is -2.14. The molecule has 0 saturated heterocycles. The van der Waals surface area contributed by atoms with Gasteiger partial charge in [0.15, 0.2) is 5.69 Å². The van der Waals surface area contributed by atoms with Crippen LogP contribution in [0.3, 0.4) is 0 Å². The van der Waals surface area contributed by atoms with Gasteiger partial charge < -0.3 is 11.1 Å². The zero-order valence-electron chi connectivity index (χ0n) is 16.7. The molecule has 0 atom stereocenters. The number of primary amides is 1. The molecular weight excluding hydrogens is 416 g/mol. The van der Waals surface area contributed by atoms with Gasteiger partial charge in [0, 0.05) is 24.0 Å². The fourth-order valence-corrected chi connectivity index (χ4v) is 3.01. The normalized spacial score (nSPS) is 10.7. The number of aromatic nitrogens is 5. The predicted octanol–water partition coefficient (Wildman–Crippen LogP) is 2.02. The molecule has 0 aliphatic rings. The van der Waals surface area contributed by atoms with Gasteiger partial charge in [-0.05, 0) is 43.3 Å². The molecule has 0 saturated carbocycles. The molecule has 12 heteroatoms. The number of nitrogens with two attached hydrogens (primary N) is 1. The maximum Gasteiger partial charge on any atom is 0.278 e. The van der Waals surface area contributed by atoms with E-state index in [1.54, 1.807) is 43.5 Å². The van der Waals surface area contributed by atoms with Gasteiger partial charge in [-0.1, -0.05) is 11.3 Å². The third-order valence-corrected chi connectivity index (χ3v) is 4.63. The third-order valence-electron chi connectivity index (χ3n) is 4.63. The average Bonchev–Trinajstić information content (AvgIpc) is 3.42. The topological polar surface area (TPSA) is 164 Å². The van der Waals surface area contributed by atoms with Crippen LogP contribution in [0, 0.1) is 17.0 Å². The number of nitro groups is 1. The summed E-state index contributed by atoms with van der Waals surface area (Å²) in [5, 5.41) is 25.7. The molecule has 0 unspecified atom stereocenters. The van der Waals surface area contributed by atoms with Crippen molar-refractivity contribution in [2.75, 3.05) is 5.32 Å². The van der Waals surface area contributed by atoms with Crippen LogP contribution in [-0.4, -0.2) is 41.5 Å².